The standard InChI is InChI=1S/C17H22N2O3/c1-2-13(14-6-4-3-5-7-14)12-18-15(20)10-11-19-16(21)8-9-17(19)22/h3-7,13H,2,8-12H2,1H3,(H,18,20). The number of hydrogen-bond acceptors (Lipinski definition) is 3. The quantitative estimate of drug-likeness (QED) is 0.782. The molecule has 5 heteroatoms. The summed E-state index contributed by atoms with van der Waals surface area (Å²) < 4.78 is 0. The third-order valence-electron chi connectivity index (χ3n) is 4.03. The van der Waals surface area contributed by atoms with Gasteiger partial charge < -0.3 is 5.32 Å². The van der Waals surface area contributed by atoms with Crippen LogP contribution in [0.4, 0.5) is 0 Å². The second kappa shape index (κ2) is 7.73. The molecule has 0 radical (unpaired) electrons. The molecule has 1 aromatic carbocycles. The number of likely N-dealkylation sites (tertiary alicyclic amines) is 1. The average molecular weight is 302 g/mol. The van der Waals surface area contributed by atoms with Gasteiger partial charge in [0.1, 0.15) is 0 Å². The van der Waals surface area contributed by atoms with Crippen LogP contribution in [0.1, 0.15) is 44.1 Å². The SMILES string of the molecule is CCC(CNC(=O)CCN1C(=O)CCC1=O)c1ccccc1. The highest BCUT2D eigenvalue weighted by molar-refractivity contribution is 6.02. The summed E-state index contributed by atoms with van der Waals surface area (Å²) in [7, 11) is 0. The Hall–Kier alpha value is -2.17. The van der Waals surface area contributed by atoms with Gasteiger partial charge >= 0.3 is 0 Å². The lowest BCUT2D eigenvalue weighted by atomic mass is 9.96. The maximum absolute atomic E-state index is 11.9. The zero-order valence-corrected chi connectivity index (χ0v) is 12.9. The first-order chi connectivity index (χ1) is 10.6. The van der Waals surface area contributed by atoms with Crippen molar-refractivity contribution in [3.63, 3.8) is 0 Å². The molecule has 1 atom stereocenters. The number of carbonyl (C=O) groups is 3. The maximum Gasteiger partial charge on any atom is 0.229 e. The molecule has 0 spiro atoms. The van der Waals surface area contributed by atoms with Gasteiger partial charge in [-0.3, -0.25) is 19.3 Å². The molecule has 5 nitrogen and oxygen atoms in total. The molecule has 1 unspecified atom stereocenters. The minimum absolute atomic E-state index is 0.123. The molecule has 3 amide bonds. The monoisotopic (exact) mass is 302 g/mol. The van der Waals surface area contributed by atoms with Gasteiger partial charge in [0.2, 0.25) is 17.7 Å². The number of nitrogens with zero attached hydrogens (tertiary/aromatic N) is 1. The predicted octanol–water partition coefficient (Wildman–Crippen LogP) is 1.84. The fraction of sp³-hybridized carbons (Fsp3) is 0.471. The smallest absolute Gasteiger partial charge is 0.229 e. The van der Waals surface area contributed by atoms with Crippen LogP contribution in [0.15, 0.2) is 30.3 Å². The van der Waals surface area contributed by atoms with Gasteiger partial charge in [0.25, 0.3) is 0 Å². The third kappa shape index (κ3) is 4.16. The normalized spacial score (nSPS) is 16.0. The van der Waals surface area contributed by atoms with E-state index in [1.54, 1.807) is 0 Å². The van der Waals surface area contributed by atoms with Crippen molar-refractivity contribution in [2.24, 2.45) is 0 Å². The van der Waals surface area contributed by atoms with Gasteiger partial charge in [-0.15, -0.1) is 0 Å². The summed E-state index contributed by atoms with van der Waals surface area (Å²) in [5.74, 6) is -0.191. The summed E-state index contributed by atoms with van der Waals surface area (Å²) in [6.07, 6.45) is 1.65. The van der Waals surface area contributed by atoms with Crippen LogP contribution in [-0.2, 0) is 14.4 Å². The number of hydrogen-bond donors (Lipinski definition) is 1. The fourth-order valence-electron chi connectivity index (χ4n) is 2.63. The molecule has 0 bridgehead atoms. The van der Waals surface area contributed by atoms with E-state index in [1.165, 1.54) is 10.5 Å². The van der Waals surface area contributed by atoms with Gasteiger partial charge in [0.15, 0.2) is 0 Å². The molecule has 1 aliphatic heterocycles. The molecular formula is C17H22N2O3. The van der Waals surface area contributed by atoms with Gasteiger partial charge in [0, 0.05) is 38.3 Å². The van der Waals surface area contributed by atoms with E-state index in [2.05, 4.69) is 24.4 Å². The van der Waals surface area contributed by atoms with E-state index >= 15 is 0 Å². The molecule has 118 valence electrons. The summed E-state index contributed by atoms with van der Waals surface area (Å²) in [4.78, 5) is 36.0. The number of benzene rings is 1. The molecule has 0 aromatic heterocycles. The molecule has 1 fully saturated rings. The summed E-state index contributed by atoms with van der Waals surface area (Å²) in [5.41, 5.74) is 1.20. The van der Waals surface area contributed by atoms with E-state index in [0.29, 0.717) is 6.54 Å². The first-order valence-electron chi connectivity index (χ1n) is 7.76. The van der Waals surface area contributed by atoms with E-state index in [-0.39, 0.29) is 49.4 Å². The van der Waals surface area contributed by atoms with Crippen LogP contribution in [0.5, 0.6) is 0 Å². The molecular weight excluding hydrogens is 280 g/mol. The minimum Gasteiger partial charge on any atom is -0.355 e. The van der Waals surface area contributed by atoms with Crippen LogP contribution in [0.2, 0.25) is 0 Å². The summed E-state index contributed by atoms with van der Waals surface area (Å²) >= 11 is 0. The van der Waals surface area contributed by atoms with Gasteiger partial charge in [-0.2, -0.15) is 0 Å². The fourth-order valence-corrected chi connectivity index (χ4v) is 2.63. The zero-order chi connectivity index (χ0) is 15.9. The molecule has 1 heterocycles. The van der Waals surface area contributed by atoms with Crippen molar-refractivity contribution in [3.8, 4) is 0 Å². The second-order valence-corrected chi connectivity index (χ2v) is 5.51. The lowest BCUT2D eigenvalue weighted by molar-refractivity contribution is -0.138. The van der Waals surface area contributed by atoms with Crippen LogP contribution in [0, 0.1) is 0 Å². The van der Waals surface area contributed by atoms with Crippen molar-refractivity contribution < 1.29 is 14.4 Å². The van der Waals surface area contributed by atoms with E-state index in [0.717, 1.165) is 6.42 Å². The lowest BCUT2D eigenvalue weighted by Gasteiger charge is -2.17. The molecule has 22 heavy (non-hydrogen) atoms. The molecule has 1 saturated heterocycles. The Balaban J connectivity index is 1.77. The zero-order valence-electron chi connectivity index (χ0n) is 12.9. The highest BCUT2D eigenvalue weighted by Gasteiger charge is 2.28. The molecule has 0 saturated carbocycles. The van der Waals surface area contributed by atoms with Crippen molar-refractivity contribution >= 4 is 17.7 Å². The predicted molar refractivity (Wildman–Crippen MR) is 83.1 cm³/mol. The van der Waals surface area contributed by atoms with Crippen molar-refractivity contribution in [3.05, 3.63) is 35.9 Å². The molecule has 2 rings (SSSR count). The Morgan fingerprint density at radius 1 is 1.18 bits per heavy atom. The van der Waals surface area contributed by atoms with Gasteiger partial charge in [0.05, 0.1) is 0 Å². The number of rotatable bonds is 7. The highest BCUT2D eigenvalue weighted by atomic mass is 16.2. The van der Waals surface area contributed by atoms with Crippen LogP contribution in [-0.4, -0.2) is 35.7 Å². The van der Waals surface area contributed by atoms with Crippen molar-refractivity contribution in [2.75, 3.05) is 13.1 Å². The van der Waals surface area contributed by atoms with Crippen LogP contribution >= 0.6 is 0 Å². The number of imide groups is 1. The first-order valence-corrected chi connectivity index (χ1v) is 7.76. The molecule has 1 N–H and O–H groups in total. The van der Waals surface area contributed by atoms with E-state index in [1.807, 2.05) is 18.2 Å². The van der Waals surface area contributed by atoms with Crippen LogP contribution in [0.3, 0.4) is 0 Å². The average Bonchev–Trinajstić information content (AvgIpc) is 2.85. The van der Waals surface area contributed by atoms with Crippen molar-refractivity contribution in [1.29, 1.82) is 0 Å². The Kier molecular flexibility index (Phi) is 5.69. The highest BCUT2D eigenvalue weighted by Crippen LogP contribution is 2.18. The van der Waals surface area contributed by atoms with Crippen molar-refractivity contribution in [2.45, 2.75) is 38.5 Å². The lowest BCUT2D eigenvalue weighted by Crippen LogP contribution is -2.35. The minimum atomic E-state index is -0.173. The Morgan fingerprint density at radius 3 is 2.41 bits per heavy atom. The van der Waals surface area contributed by atoms with Crippen LogP contribution in [0.25, 0.3) is 0 Å². The van der Waals surface area contributed by atoms with Gasteiger partial charge in [-0.25, -0.2) is 0 Å². The van der Waals surface area contributed by atoms with E-state index in [4.69, 9.17) is 0 Å². The second-order valence-electron chi connectivity index (χ2n) is 5.51. The number of amides is 3. The van der Waals surface area contributed by atoms with E-state index in [9.17, 15) is 14.4 Å². The van der Waals surface area contributed by atoms with Gasteiger partial charge in [-0.1, -0.05) is 37.3 Å². The van der Waals surface area contributed by atoms with Crippen LogP contribution < -0.4 is 5.32 Å². The summed E-state index contributed by atoms with van der Waals surface area (Å²) in [5, 5.41) is 2.90. The molecule has 1 aromatic rings. The maximum atomic E-state index is 11.9. The largest absolute Gasteiger partial charge is 0.355 e. The van der Waals surface area contributed by atoms with E-state index < -0.39 is 0 Å². The first kappa shape index (κ1) is 16.2. The Morgan fingerprint density at radius 2 is 1.82 bits per heavy atom. The topological polar surface area (TPSA) is 66.5 Å². The third-order valence-corrected chi connectivity index (χ3v) is 4.03. The summed E-state index contributed by atoms with van der Waals surface area (Å²) in [6, 6.07) is 10.1. The van der Waals surface area contributed by atoms with Crippen molar-refractivity contribution in [1.82, 2.24) is 10.2 Å². The Labute approximate surface area is 130 Å². The van der Waals surface area contributed by atoms with Gasteiger partial charge in [-0.05, 0) is 12.0 Å². The summed E-state index contributed by atoms with van der Waals surface area (Å²) in [6.45, 7) is 2.85. The molecule has 1 aliphatic rings. The molecule has 0 aliphatic carbocycles. The Bertz CT molecular complexity index is 526. The number of carbonyl (C=O) groups excluding carboxylic acids is 3. The number of nitrogens with one attached hydrogen (secondary N) is 1.